The number of furan rings is 1. The summed E-state index contributed by atoms with van der Waals surface area (Å²) in [6, 6.07) is 1.39. The molecule has 0 saturated carbocycles. The van der Waals surface area contributed by atoms with Crippen LogP contribution in [0.3, 0.4) is 0 Å². The van der Waals surface area contributed by atoms with Crippen LogP contribution in [0.1, 0.15) is 18.7 Å². The van der Waals surface area contributed by atoms with Gasteiger partial charge in [-0.05, 0) is 19.1 Å². The maximum Gasteiger partial charge on any atom is 0.328 e. The van der Waals surface area contributed by atoms with Crippen LogP contribution < -0.4 is 10.6 Å². The first-order valence-electron chi connectivity index (χ1n) is 5.36. The summed E-state index contributed by atoms with van der Waals surface area (Å²) in [6.45, 7) is 1.63. The van der Waals surface area contributed by atoms with E-state index in [9.17, 15) is 9.59 Å². The van der Waals surface area contributed by atoms with Crippen LogP contribution in [0.25, 0.3) is 0 Å². The summed E-state index contributed by atoms with van der Waals surface area (Å²) in [6.07, 6.45) is 1.50. The molecule has 0 fully saturated rings. The van der Waals surface area contributed by atoms with E-state index >= 15 is 0 Å². The molecule has 0 aliphatic heterocycles. The summed E-state index contributed by atoms with van der Waals surface area (Å²) >= 11 is 0. The van der Waals surface area contributed by atoms with Crippen molar-refractivity contribution in [2.75, 3.05) is 13.7 Å². The fourth-order valence-corrected chi connectivity index (χ4v) is 1.35. The van der Waals surface area contributed by atoms with Gasteiger partial charge in [0.1, 0.15) is 5.76 Å². The highest BCUT2D eigenvalue weighted by Gasteiger charge is 2.21. The summed E-state index contributed by atoms with van der Waals surface area (Å²) < 4.78 is 9.81. The zero-order chi connectivity index (χ0) is 13.5. The van der Waals surface area contributed by atoms with Gasteiger partial charge < -0.3 is 24.9 Å². The van der Waals surface area contributed by atoms with Gasteiger partial charge in [0.15, 0.2) is 6.04 Å². The normalized spacial score (nSPS) is 13.7. The van der Waals surface area contributed by atoms with Crippen LogP contribution >= 0.6 is 0 Å². The molecule has 1 heterocycles. The van der Waals surface area contributed by atoms with E-state index in [1.807, 2.05) is 0 Å². The van der Waals surface area contributed by atoms with Crippen molar-refractivity contribution >= 4 is 12.0 Å². The molecule has 0 aliphatic carbocycles. The third kappa shape index (κ3) is 4.10. The van der Waals surface area contributed by atoms with Gasteiger partial charge in [-0.1, -0.05) is 0 Å². The van der Waals surface area contributed by atoms with Crippen molar-refractivity contribution in [1.82, 2.24) is 10.6 Å². The molecule has 0 saturated heterocycles. The van der Waals surface area contributed by atoms with E-state index in [0.717, 1.165) is 0 Å². The summed E-state index contributed by atoms with van der Waals surface area (Å²) in [5.41, 5.74) is 0. The Hall–Kier alpha value is -2.02. The van der Waals surface area contributed by atoms with Crippen LogP contribution in [0.4, 0.5) is 4.79 Å². The largest absolute Gasteiger partial charge is 0.480 e. The maximum atomic E-state index is 11.6. The Balaban J connectivity index is 2.47. The van der Waals surface area contributed by atoms with Gasteiger partial charge in [0.2, 0.25) is 0 Å². The molecular formula is C11H16N2O5. The Morgan fingerprint density at radius 1 is 1.50 bits per heavy atom. The van der Waals surface area contributed by atoms with Crippen LogP contribution in [0, 0.1) is 0 Å². The second kappa shape index (κ2) is 6.65. The molecule has 2 amide bonds. The van der Waals surface area contributed by atoms with Gasteiger partial charge in [-0.15, -0.1) is 0 Å². The number of methoxy groups -OCH3 is 1. The molecule has 0 aromatic carbocycles. The highest BCUT2D eigenvalue weighted by molar-refractivity contribution is 5.82. The molecule has 0 aliphatic rings. The fourth-order valence-electron chi connectivity index (χ4n) is 1.35. The number of ether oxygens (including phenoxy) is 1. The van der Waals surface area contributed by atoms with Crippen LogP contribution in [0.15, 0.2) is 22.8 Å². The van der Waals surface area contributed by atoms with Crippen LogP contribution in [-0.4, -0.2) is 36.9 Å². The first-order valence-corrected chi connectivity index (χ1v) is 5.36. The van der Waals surface area contributed by atoms with E-state index in [-0.39, 0.29) is 12.6 Å². The second-order valence-corrected chi connectivity index (χ2v) is 3.70. The molecule has 100 valence electrons. The Morgan fingerprint density at radius 3 is 2.72 bits per heavy atom. The molecule has 1 rings (SSSR count). The van der Waals surface area contributed by atoms with Crippen molar-refractivity contribution in [3.63, 3.8) is 0 Å². The number of urea groups is 1. The Morgan fingerprint density at radius 2 is 2.22 bits per heavy atom. The highest BCUT2D eigenvalue weighted by Crippen LogP contribution is 2.11. The summed E-state index contributed by atoms with van der Waals surface area (Å²) in [5, 5.41) is 13.7. The average Bonchev–Trinajstić information content (AvgIpc) is 2.81. The Labute approximate surface area is 104 Å². The van der Waals surface area contributed by atoms with Gasteiger partial charge in [-0.25, -0.2) is 9.59 Å². The standard InChI is InChI=1S/C11H16N2O5/c1-7(9-4-3-5-18-9)12-11(16)13-8(6-17-2)10(14)15/h3-5,7-8H,6H2,1-2H3,(H,14,15)(H2,12,13,16). The van der Waals surface area contributed by atoms with Gasteiger partial charge in [0.05, 0.1) is 18.9 Å². The molecular weight excluding hydrogens is 240 g/mol. The predicted molar refractivity (Wildman–Crippen MR) is 62.1 cm³/mol. The van der Waals surface area contributed by atoms with Gasteiger partial charge in [0, 0.05) is 7.11 Å². The zero-order valence-corrected chi connectivity index (χ0v) is 10.2. The van der Waals surface area contributed by atoms with E-state index in [1.54, 1.807) is 19.1 Å². The second-order valence-electron chi connectivity index (χ2n) is 3.70. The molecule has 18 heavy (non-hydrogen) atoms. The first kappa shape index (κ1) is 14.0. The molecule has 7 nitrogen and oxygen atoms in total. The maximum absolute atomic E-state index is 11.6. The monoisotopic (exact) mass is 256 g/mol. The third-order valence-corrected chi connectivity index (χ3v) is 2.25. The molecule has 3 N–H and O–H groups in total. The summed E-state index contributed by atoms with van der Waals surface area (Å²) in [5.74, 6) is -0.568. The Kier molecular flexibility index (Phi) is 5.19. The van der Waals surface area contributed by atoms with E-state index in [0.29, 0.717) is 5.76 Å². The smallest absolute Gasteiger partial charge is 0.328 e. The zero-order valence-electron chi connectivity index (χ0n) is 10.2. The quantitative estimate of drug-likeness (QED) is 0.697. The van der Waals surface area contributed by atoms with Crippen LogP contribution in [0.2, 0.25) is 0 Å². The number of rotatable bonds is 6. The van der Waals surface area contributed by atoms with E-state index < -0.39 is 18.0 Å². The fraction of sp³-hybridized carbons (Fsp3) is 0.455. The minimum Gasteiger partial charge on any atom is -0.480 e. The van der Waals surface area contributed by atoms with E-state index in [2.05, 4.69) is 10.6 Å². The predicted octanol–water partition coefficient (Wildman–Crippen LogP) is 0.739. The lowest BCUT2D eigenvalue weighted by Crippen LogP contribution is -2.48. The van der Waals surface area contributed by atoms with Crippen molar-refractivity contribution in [2.45, 2.75) is 19.0 Å². The molecule has 2 unspecified atom stereocenters. The third-order valence-electron chi connectivity index (χ3n) is 2.25. The lowest BCUT2D eigenvalue weighted by molar-refractivity contribution is -0.140. The summed E-state index contributed by atoms with van der Waals surface area (Å²) in [4.78, 5) is 22.4. The number of hydrogen-bond donors (Lipinski definition) is 3. The van der Waals surface area contributed by atoms with E-state index in [1.165, 1.54) is 13.4 Å². The molecule has 0 spiro atoms. The number of carbonyl (C=O) groups excluding carboxylic acids is 1. The number of carboxylic acids is 1. The topological polar surface area (TPSA) is 101 Å². The molecule has 1 aromatic heterocycles. The van der Waals surface area contributed by atoms with Crippen molar-refractivity contribution < 1.29 is 23.8 Å². The number of carbonyl (C=O) groups is 2. The highest BCUT2D eigenvalue weighted by atomic mass is 16.5. The molecule has 7 heteroatoms. The lowest BCUT2D eigenvalue weighted by Gasteiger charge is -2.16. The molecule has 0 bridgehead atoms. The first-order chi connectivity index (χ1) is 8.54. The number of aliphatic carboxylic acids is 1. The van der Waals surface area contributed by atoms with Gasteiger partial charge in [-0.2, -0.15) is 0 Å². The van der Waals surface area contributed by atoms with Crippen molar-refractivity contribution in [3.05, 3.63) is 24.2 Å². The number of carboxylic acid groups (broad SMARTS) is 1. The summed E-state index contributed by atoms with van der Waals surface area (Å²) in [7, 11) is 1.36. The lowest BCUT2D eigenvalue weighted by atomic mass is 10.2. The average molecular weight is 256 g/mol. The van der Waals surface area contributed by atoms with Gasteiger partial charge in [0.25, 0.3) is 0 Å². The van der Waals surface area contributed by atoms with Gasteiger partial charge in [-0.3, -0.25) is 0 Å². The van der Waals surface area contributed by atoms with Crippen LogP contribution in [0.5, 0.6) is 0 Å². The Bertz CT molecular complexity index is 390. The van der Waals surface area contributed by atoms with Crippen molar-refractivity contribution in [1.29, 1.82) is 0 Å². The number of nitrogens with one attached hydrogen (secondary N) is 2. The van der Waals surface area contributed by atoms with Crippen LogP contribution in [-0.2, 0) is 9.53 Å². The van der Waals surface area contributed by atoms with Crippen molar-refractivity contribution in [2.24, 2.45) is 0 Å². The minimum absolute atomic E-state index is 0.0993. The van der Waals surface area contributed by atoms with Crippen molar-refractivity contribution in [3.8, 4) is 0 Å². The number of hydrogen-bond acceptors (Lipinski definition) is 4. The molecule has 0 radical (unpaired) electrons. The van der Waals surface area contributed by atoms with Gasteiger partial charge >= 0.3 is 12.0 Å². The molecule has 1 aromatic rings. The minimum atomic E-state index is -1.15. The number of amides is 2. The van der Waals surface area contributed by atoms with E-state index in [4.69, 9.17) is 14.3 Å². The molecule has 2 atom stereocenters. The SMILES string of the molecule is COCC(NC(=O)NC(C)c1ccco1)C(=O)O.